The van der Waals surface area contributed by atoms with E-state index in [2.05, 4.69) is 10.3 Å². The largest absolute Gasteiger partial charge is 0.459 e. The first-order valence-corrected chi connectivity index (χ1v) is 6.91. The Bertz CT molecular complexity index is 721. The molecule has 0 amide bonds. The van der Waals surface area contributed by atoms with Crippen LogP contribution in [0.1, 0.15) is 17.5 Å². The molecular formula is C15H12Cl2N2O. The number of hydrogen-bond donors (Lipinski definition) is 1. The number of furan rings is 1. The highest BCUT2D eigenvalue weighted by Gasteiger charge is 2.21. The number of benzene rings is 1. The molecular weight excluding hydrogens is 295 g/mol. The summed E-state index contributed by atoms with van der Waals surface area (Å²) in [7, 11) is 1.84. The smallest absolute Gasteiger partial charge is 0.134 e. The Kier molecular flexibility index (Phi) is 3.66. The zero-order chi connectivity index (χ0) is 14.1. The zero-order valence-electron chi connectivity index (χ0n) is 10.7. The van der Waals surface area contributed by atoms with E-state index in [0.29, 0.717) is 15.7 Å². The van der Waals surface area contributed by atoms with Crippen LogP contribution < -0.4 is 5.32 Å². The predicted molar refractivity (Wildman–Crippen MR) is 81.4 cm³/mol. The van der Waals surface area contributed by atoms with Gasteiger partial charge < -0.3 is 9.73 Å². The van der Waals surface area contributed by atoms with Gasteiger partial charge in [-0.25, -0.2) is 0 Å². The number of pyridine rings is 1. The van der Waals surface area contributed by atoms with Gasteiger partial charge in [-0.3, -0.25) is 4.98 Å². The SMILES string of the molecule is CNC(c1cc2ccccc2o1)c1ncc(Cl)cc1Cl. The van der Waals surface area contributed by atoms with E-state index in [9.17, 15) is 0 Å². The van der Waals surface area contributed by atoms with Crippen molar-refractivity contribution in [3.05, 3.63) is 64.1 Å². The molecule has 3 rings (SSSR count). The second-order valence-corrected chi connectivity index (χ2v) is 5.27. The number of hydrogen-bond acceptors (Lipinski definition) is 3. The Morgan fingerprint density at radius 2 is 2.00 bits per heavy atom. The van der Waals surface area contributed by atoms with Crippen LogP contribution in [0.25, 0.3) is 11.0 Å². The minimum Gasteiger partial charge on any atom is -0.459 e. The molecule has 0 aliphatic carbocycles. The molecule has 0 spiro atoms. The molecule has 1 aromatic carbocycles. The fourth-order valence-electron chi connectivity index (χ4n) is 2.20. The van der Waals surface area contributed by atoms with Crippen LogP contribution in [0.15, 0.2) is 47.0 Å². The Labute approximate surface area is 126 Å². The van der Waals surface area contributed by atoms with Gasteiger partial charge >= 0.3 is 0 Å². The first-order chi connectivity index (χ1) is 9.69. The summed E-state index contributed by atoms with van der Waals surface area (Å²) in [4.78, 5) is 4.31. The predicted octanol–water partition coefficient (Wildman–Crippen LogP) is 4.44. The third kappa shape index (κ3) is 2.40. The number of para-hydroxylation sites is 1. The zero-order valence-corrected chi connectivity index (χ0v) is 12.2. The Morgan fingerprint density at radius 3 is 2.70 bits per heavy atom. The molecule has 2 aromatic heterocycles. The van der Waals surface area contributed by atoms with E-state index in [1.807, 2.05) is 37.4 Å². The number of halogens is 2. The fourth-order valence-corrected chi connectivity index (χ4v) is 2.69. The van der Waals surface area contributed by atoms with Crippen molar-refractivity contribution in [2.24, 2.45) is 0 Å². The maximum atomic E-state index is 6.22. The molecule has 0 saturated carbocycles. The van der Waals surface area contributed by atoms with Crippen molar-refractivity contribution in [2.75, 3.05) is 7.05 Å². The van der Waals surface area contributed by atoms with E-state index in [-0.39, 0.29) is 6.04 Å². The van der Waals surface area contributed by atoms with Crippen LogP contribution >= 0.6 is 23.2 Å². The maximum Gasteiger partial charge on any atom is 0.134 e. The highest BCUT2D eigenvalue weighted by Crippen LogP contribution is 2.31. The molecule has 20 heavy (non-hydrogen) atoms. The Morgan fingerprint density at radius 1 is 1.20 bits per heavy atom. The van der Waals surface area contributed by atoms with Crippen LogP contribution in [-0.4, -0.2) is 12.0 Å². The van der Waals surface area contributed by atoms with Gasteiger partial charge in [0.2, 0.25) is 0 Å². The first kappa shape index (κ1) is 13.4. The summed E-state index contributed by atoms with van der Waals surface area (Å²) in [5.41, 5.74) is 1.53. The molecule has 0 bridgehead atoms. The van der Waals surface area contributed by atoms with Crippen molar-refractivity contribution in [1.29, 1.82) is 0 Å². The topological polar surface area (TPSA) is 38.1 Å². The van der Waals surface area contributed by atoms with Gasteiger partial charge in [-0.1, -0.05) is 41.4 Å². The first-order valence-electron chi connectivity index (χ1n) is 6.15. The lowest BCUT2D eigenvalue weighted by Crippen LogP contribution is -2.18. The van der Waals surface area contributed by atoms with Crippen molar-refractivity contribution in [2.45, 2.75) is 6.04 Å². The molecule has 3 aromatic rings. The molecule has 3 nitrogen and oxygen atoms in total. The van der Waals surface area contributed by atoms with Crippen molar-refractivity contribution in [1.82, 2.24) is 10.3 Å². The van der Waals surface area contributed by atoms with Gasteiger partial charge in [-0.15, -0.1) is 0 Å². The second-order valence-electron chi connectivity index (χ2n) is 4.43. The highest BCUT2D eigenvalue weighted by atomic mass is 35.5. The number of fused-ring (bicyclic) bond motifs is 1. The van der Waals surface area contributed by atoms with Crippen LogP contribution in [0.5, 0.6) is 0 Å². The number of nitrogens with one attached hydrogen (secondary N) is 1. The minimum absolute atomic E-state index is 0.216. The summed E-state index contributed by atoms with van der Waals surface area (Å²) in [6.07, 6.45) is 1.58. The third-order valence-corrected chi connectivity index (χ3v) is 3.64. The van der Waals surface area contributed by atoms with Crippen molar-refractivity contribution >= 4 is 34.2 Å². The molecule has 1 atom stereocenters. The lowest BCUT2D eigenvalue weighted by molar-refractivity contribution is 0.486. The molecule has 0 aliphatic rings. The van der Waals surface area contributed by atoms with Crippen molar-refractivity contribution < 1.29 is 4.42 Å². The van der Waals surface area contributed by atoms with E-state index < -0.39 is 0 Å². The van der Waals surface area contributed by atoms with E-state index in [1.165, 1.54) is 0 Å². The standard InChI is InChI=1S/C15H12Cl2N2O/c1-18-15(14-11(17)7-10(16)8-19-14)13-6-9-4-2-3-5-12(9)20-13/h2-8,15,18H,1H3. The summed E-state index contributed by atoms with van der Waals surface area (Å²) in [6, 6.07) is 11.3. The molecule has 0 saturated heterocycles. The van der Waals surface area contributed by atoms with Gasteiger partial charge in [-0.05, 0) is 25.2 Å². The van der Waals surface area contributed by atoms with Gasteiger partial charge in [0.15, 0.2) is 0 Å². The number of rotatable bonds is 3. The number of nitrogens with zero attached hydrogens (tertiary/aromatic N) is 1. The molecule has 2 heterocycles. The van der Waals surface area contributed by atoms with Gasteiger partial charge in [0, 0.05) is 11.6 Å². The molecule has 0 aliphatic heterocycles. The summed E-state index contributed by atoms with van der Waals surface area (Å²) in [5.74, 6) is 0.769. The van der Waals surface area contributed by atoms with Crippen molar-refractivity contribution in [3.8, 4) is 0 Å². The maximum absolute atomic E-state index is 6.22. The molecule has 1 unspecified atom stereocenters. The average Bonchev–Trinajstić information content (AvgIpc) is 2.85. The van der Waals surface area contributed by atoms with Gasteiger partial charge in [0.05, 0.1) is 15.7 Å². The lowest BCUT2D eigenvalue weighted by atomic mass is 10.1. The Balaban J connectivity index is 2.08. The van der Waals surface area contributed by atoms with E-state index in [0.717, 1.165) is 16.7 Å². The normalized spacial score (nSPS) is 12.8. The summed E-state index contributed by atoms with van der Waals surface area (Å²) in [6.45, 7) is 0. The molecule has 102 valence electrons. The van der Waals surface area contributed by atoms with Crippen LogP contribution in [-0.2, 0) is 0 Å². The van der Waals surface area contributed by atoms with E-state index in [1.54, 1.807) is 12.3 Å². The van der Waals surface area contributed by atoms with Crippen LogP contribution in [0, 0.1) is 0 Å². The van der Waals surface area contributed by atoms with Crippen molar-refractivity contribution in [3.63, 3.8) is 0 Å². The molecule has 5 heteroatoms. The van der Waals surface area contributed by atoms with Gasteiger partial charge in [0.1, 0.15) is 17.4 Å². The van der Waals surface area contributed by atoms with Crippen LogP contribution in [0.4, 0.5) is 0 Å². The van der Waals surface area contributed by atoms with E-state index >= 15 is 0 Å². The lowest BCUT2D eigenvalue weighted by Gasteiger charge is -2.14. The van der Waals surface area contributed by atoms with Crippen LogP contribution in [0.2, 0.25) is 10.0 Å². The summed E-state index contributed by atoms with van der Waals surface area (Å²) >= 11 is 12.1. The number of aromatic nitrogens is 1. The Hall–Kier alpha value is -1.55. The fraction of sp³-hybridized carbons (Fsp3) is 0.133. The molecule has 1 N–H and O–H groups in total. The molecule has 0 fully saturated rings. The summed E-state index contributed by atoms with van der Waals surface area (Å²) in [5, 5.41) is 5.24. The van der Waals surface area contributed by atoms with Gasteiger partial charge in [-0.2, -0.15) is 0 Å². The summed E-state index contributed by atoms with van der Waals surface area (Å²) < 4.78 is 5.87. The minimum atomic E-state index is -0.216. The molecule has 0 radical (unpaired) electrons. The monoisotopic (exact) mass is 306 g/mol. The third-order valence-electron chi connectivity index (χ3n) is 3.13. The second kappa shape index (κ2) is 5.44. The van der Waals surface area contributed by atoms with E-state index in [4.69, 9.17) is 27.6 Å². The highest BCUT2D eigenvalue weighted by molar-refractivity contribution is 6.34. The van der Waals surface area contributed by atoms with Gasteiger partial charge in [0.25, 0.3) is 0 Å². The quantitative estimate of drug-likeness (QED) is 0.777. The van der Waals surface area contributed by atoms with Crippen LogP contribution in [0.3, 0.4) is 0 Å². The average molecular weight is 307 g/mol.